The number of pyridine rings is 1. The molecule has 0 atom stereocenters. The number of alkyl carbamates (subject to hydrolysis) is 1. The van der Waals surface area contributed by atoms with Crippen LogP contribution >= 0.6 is 0 Å². The maximum absolute atomic E-state index is 11.7. The average molecular weight is 324 g/mol. The molecule has 0 aliphatic carbocycles. The molecule has 2 N–H and O–H groups in total. The monoisotopic (exact) mass is 324 g/mol. The van der Waals surface area contributed by atoms with Crippen molar-refractivity contribution in [3.8, 4) is 0 Å². The molecule has 7 nitrogen and oxygen atoms in total. The van der Waals surface area contributed by atoms with Crippen LogP contribution in [-0.4, -0.2) is 35.3 Å². The Balaban J connectivity index is 2.23. The molecule has 7 heteroatoms. The highest BCUT2D eigenvalue weighted by atomic mass is 16.6. The third-order valence-corrected chi connectivity index (χ3v) is 3.42. The number of ether oxygens (including phenoxy) is 2. The van der Waals surface area contributed by atoms with E-state index in [1.165, 1.54) is 0 Å². The summed E-state index contributed by atoms with van der Waals surface area (Å²) in [6, 6.07) is 5.10. The molecule has 1 aromatic heterocycles. The van der Waals surface area contributed by atoms with Gasteiger partial charge in [0.05, 0.1) is 30.0 Å². The van der Waals surface area contributed by atoms with Gasteiger partial charge in [-0.3, -0.25) is 9.78 Å². The van der Waals surface area contributed by atoms with E-state index >= 15 is 0 Å². The first kappa shape index (κ1) is 18.9. The summed E-state index contributed by atoms with van der Waals surface area (Å²) in [7, 11) is 0. The number of nitrogens with one attached hydrogen (secondary N) is 1. The minimum atomic E-state index is -0.619. The van der Waals surface area contributed by atoms with Gasteiger partial charge in [0.15, 0.2) is 0 Å². The van der Waals surface area contributed by atoms with Crippen molar-refractivity contribution >= 4 is 12.1 Å². The van der Waals surface area contributed by atoms with E-state index in [4.69, 9.17) is 14.6 Å². The Morgan fingerprint density at radius 2 is 1.96 bits per heavy atom. The lowest BCUT2D eigenvalue weighted by molar-refractivity contribution is -0.153. The van der Waals surface area contributed by atoms with Crippen molar-refractivity contribution in [2.45, 2.75) is 40.4 Å². The van der Waals surface area contributed by atoms with Crippen LogP contribution in [0.25, 0.3) is 0 Å². The molecule has 0 spiro atoms. The van der Waals surface area contributed by atoms with E-state index < -0.39 is 11.5 Å². The van der Waals surface area contributed by atoms with Crippen molar-refractivity contribution in [3.63, 3.8) is 0 Å². The number of aliphatic hydroxyl groups is 1. The fourth-order valence-corrected chi connectivity index (χ4v) is 1.52. The van der Waals surface area contributed by atoms with Gasteiger partial charge in [-0.2, -0.15) is 0 Å². The van der Waals surface area contributed by atoms with Crippen LogP contribution in [0.15, 0.2) is 18.2 Å². The number of hydrogen-bond donors (Lipinski definition) is 2. The summed E-state index contributed by atoms with van der Waals surface area (Å²) in [5.74, 6) is -0.291. The summed E-state index contributed by atoms with van der Waals surface area (Å²) >= 11 is 0. The van der Waals surface area contributed by atoms with E-state index in [0.717, 1.165) is 0 Å². The van der Waals surface area contributed by atoms with Crippen LogP contribution < -0.4 is 5.32 Å². The summed E-state index contributed by atoms with van der Waals surface area (Å²) in [4.78, 5) is 27.3. The molecule has 1 rings (SSSR count). The standard InChI is InChI=1S/C16H24N2O5/c1-4-16(2,3)14(20)22-9-8-17-15(21)23-11-13-7-5-6-12(10-19)18-13/h5-7,19H,4,8-11H2,1-3H3,(H,17,21). The smallest absolute Gasteiger partial charge is 0.407 e. The van der Waals surface area contributed by atoms with Crippen LogP contribution in [0.2, 0.25) is 0 Å². The van der Waals surface area contributed by atoms with Gasteiger partial charge in [0.25, 0.3) is 0 Å². The van der Waals surface area contributed by atoms with Gasteiger partial charge in [0.2, 0.25) is 0 Å². The molecular formula is C16H24N2O5. The maximum atomic E-state index is 11.7. The second-order valence-electron chi connectivity index (χ2n) is 5.65. The van der Waals surface area contributed by atoms with Crippen molar-refractivity contribution in [1.82, 2.24) is 10.3 Å². The van der Waals surface area contributed by atoms with E-state index in [1.807, 2.05) is 20.8 Å². The molecule has 1 heterocycles. The number of aromatic nitrogens is 1. The highest BCUT2D eigenvalue weighted by Crippen LogP contribution is 2.21. The highest BCUT2D eigenvalue weighted by molar-refractivity contribution is 5.75. The Kier molecular flexibility index (Phi) is 7.47. The molecule has 0 saturated heterocycles. The van der Waals surface area contributed by atoms with E-state index in [0.29, 0.717) is 17.8 Å². The van der Waals surface area contributed by atoms with Crippen molar-refractivity contribution in [1.29, 1.82) is 0 Å². The number of nitrogens with zero attached hydrogens (tertiary/aromatic N) is 1. The Hall–Kier alpha value is -2.15. The van der Waals surface area contributed by atoms with E-state index in [2.05, 4.69) is 10.3 Å². The Labute approximate surface area is 136 Å². The fourth-order valence-electron chi connectivity index (χ4n) is 1.52. The molecule has 1 amide bonds. The van der Waals surface area contributed by atoms with Crippen molar-refractivity contribution in [2.75, 3.05) is 13.2 Å². The molecule has 128 valence electrons. The lowest BCUT2D eigenvalue weighted by atomic mass is 9.91. The molecule has 0 radical (unpaired) electrons. The van der Waals surface area contributed by atoms with Crippen LogP contribution in [0.4, 0.5) is 4.79 Å². The van der Waals surface area contributed by atoms with Crippen molar-refractivity contribution < 1.29 is 24.2 Å². The predicted molar refractivity (Wildman–Crippen MR) is 83.4 cm³/mol. The van der Waals surface area contributed by atoms with Crippen LogP contribution in [0.3, 0.4) is 0 Å². The number of carbonyl (C=O) groups excluding carboxylic acids is 2. The number of aliphatic hydroxyl groups excluding tert-OH is 1. The normalized spacial score (nSPS) is 11.0. The van der Waals surface area contributed by atoms with Gasteiger partial charge in [0.1, 0.15) is 13.2 Å². The Morgan fingerprint density at radius 3 is 2.61 bits per heavy atom. The number of esters is 1. The van der Waals surface area contributed by atoms with Crippen LogP contribution in [0.1, 0.15) is 38.6 Å². The molecule has 1 aromatic rings. The molecule has 0 saturated carbocycles. The predicted octanol–water partition coefficient (Wildman–Crippen LogP) is 1.78. The second-order valence-corrected chi connectivity index (χ2v) is 5.65. The van der Waals surface area contributed by atoms with Gasteiger partial charge in [-0.1, -0.05) is 13.0 Å². The molecule has 0 unspecified atom stereocenters. The zero-order valence-corrected chi connectivity index (χ0v) is 13.8. The lowest BCUT2D eigenvalue weighted by Crippen LogP contribution is -2.31. The number of hydrogen-bond acceptors (Lipinski definition) is 6. The average Bonchev–Trinajstić information content (AvgIpc) is 2.56. The largest absolute Gasteiger partial charge is 0.463 e. The highest BCUT2D eigenvalue weighted by Gasteiger charge is 2.26. The maximum Gasteiger partial charge on any atom is 0.407 e. The van der Waals surface area contributed by atoms with Crippen molar-refractivity contribution in [2.24, 2.45) is 5.41 Å². The molecule has 0 fully saturated rings. The first-order chi connectivity index (χ1) is 10.9. The minimum Gasteiger partial charge on any atom is -0.463 e. The first-order valence-corrected chi connectivity index (χ1v) is 7.52. The Morgan fingerprint density at radius 1 is 1.26 bits per heavy atom. The van der Waals surface area contributed by atoms with Crippen LogP contribution in [0, 0.1) is 5.41 Å². The summed E-state index contributed by atoms with van der Waals surface area (Å²) in [6.07, 6.45) is 0.0632. The first-order valence-electron chi connectivity index (χ1n) is 7.52. The molecular weight excluding hydrogens is 300 g/mol. The third kappa shape index (κ3) is 6.65. The molecule has 0 aromatic carbocycles. The van der Waals surface area contributed by atoms with Gasteiger partial charge in [-0.05, 0) is 32.4 Å². The van der Waals surface area contributed by atoms with E-state index in [9.17, 15) is 9.59 Å². The quantitative estimate of drug-likeness (QED) is 0.559. The Bertz CT molecular complexity index is 531. The van der Waals surface area contributed by atoms with Crippen LogP contribution in [0.5, 0.6) is 0 Å². The SMILES string of the molecule is CCC(C)(C)C(=O)OCCNC(=O)OCc1cccc(CO)n1. The van der Waals surface area contributed by atoms with Crippen molar-refractivity contribution in [3.05, 3.63) is 29.6 Å². The number of rotatable bonds is 8. The lowest BCUT2D eigenvalue weighted by Gasteiger charge is -2.20. The van der Waals surface area contributed by atoms with E-state index in [1.54, 1.807) is 18.2 Å². The number of amides is 1. The van der Waals surface area contributed by atoms with E-state index in [-0.39, 0.29) is 32.3 Å². The summed E-state index contributed by atoms with van der Waals surface area (Å²) in [5.41, 5.74) is 0.531. The van der Waals surface area contributed by atoms with Gasteiger partial charge < -0.3 is 19.9 Å². The topological polar surface area (TPSA) is 97.8 Å². The summed E-state index contributed by atoms with van der Waals surface area (Å²) < 4.78 is 10.1. The van der Waals surface area contributed by atoms with Crippen LogP contribution in [-0.2, 0) is 27.5 Å². The third-order valence-electron chi connectivity index (χ3n) is 3.42. The van der Waals surface area contributed by atoms with Gasteiger partial charge in [0, 0.05) is 0 Å². The zero-order valence-electron chi connectivity index (χ0n) is 13.8. The minimum absolute atomic E-state index is 0.00231. The number of carbonyl (C=O) groups is 2. The van der Waals surface area contributed by atoms with Gasteiger partial charge in [-0.25, -0.2) is 4.79 Å². The second kappa shape index (κ2) is 9.09. The molecule has 0 aliphatic rings. The molecule has 23 heavy (non-hydrogen) atoms. The molecule has 0 aliphatic heterocycles. The fraction of sp³-hybridized carbons (Fsp3) is 0.562. The summed E-state index contributed by atoms with van der Waals surface area (Å²) in [6.45, 7) is 5.64. The molecule has 0 bridgehead atoms. The zero-order chi connectivity index (χ0) is 17.3. The van der Waals surface area contributed by atoms with Gasteiger partial charge >= 0.3 is 12.1 Å². The van der Waals surface area contributed by atoms with Gasteiger partial charge in [-0.15, -0.1) is 0 Å². The summed E-state index contributed by atoms with van der Waals surface area (Å²) in [5, 5.41) is 11.5.